The lowest BCUT2D eigenvalue weighted by atomic mass is 9.94. The monoisotopic (exact) mass is 449 g/mol. The summed E-state index contributed by atoms with van der Waals surface area (Å²) in [5, 5.41) is 0. The largest absolute Gasteiger partial charge is 0.351 e. The molecule has 0 fully saturated rings. The Bertz CT molecular complexity index is 1140. The number of aryl methyl sites for hydroxylation is 1. The minimum Gasteiger partial charge on any atom is -0.351 e. The first-order valence-corrected chi connectivity index (χ1v) is 9.84. The van der Waals surface area contributed by atoms with Gasteiger partial charge in [-0.15, -0.1) is 0 Å². The number of nitrogens with zero attached hydrogens (tertiary/aromatic N) is 1. The lowest BCUT2D eigenvalue weighted by molar-refractivity contribution is -0.130. The molecule has 0 N–H and O–H groups in total. The van der Waals surface area contributed by atoms with Crippen molar-refractivity contribution in [3.63, 3.8) is 0 Å². The van der Waals surface area contributed by atoms with E-state index in [1.165, 1.54) is 26.0 Å². The number of halogens is 4. The highest BCUT2D eigenvalue weighted by atomic mass is 19.2. The van der Waals surface area contributed by atoms with Gasteiger partial charge in [0.1, 0.15) is 6.04 Å². The number of hydrogen-bond donors (Lipinski definition) is 0. The zero-order chi connectivity index (χ0) is 23.9. The summed E-state index contributed by atoms with van der Waals surface area (Å²) >= 11 is 0. The van der Waals surface area contributed by atoms with Crippen molar-refractivity contribution in [2.45, 2.75) is 46.2 Å². The molecule has 1 atom stereocenters. The number of fused-ring (bicyclic) bond motifs is 1. The van der Waals surface area contributed by atoms with Crippen molar-refractivity contribution in [3.8, 4) is 0 Å². The van der Waals surface area contributed by atoms with Crippen LogP contribution in [-0.2, 0) is 22.6 Å². The zero-order valence-electron chi connectivity index (χ0n) is 17.5. The van der Waals surface area contributed by atoms with Crippen molar-refractivity contribution < 1.29 is 36.7 Å². The van der Waals surface area contributed by atoms with Gasteiger partial charge in [-0.1, -0.05) is 13.3 Å². The number of ketones is 3. The second-order valence-corrected chi connectivity index (χ2v) is 7.60. The number of carbonyl (C=O) groups is 4. The molecule has 0 amide bonds. The maximum absolute atomic E-state index is 14.7. The van der Waals surface area contributed by atoms with Crippen LogP contribution in [0.1, 0.15) is 70.6 Å². The van der Waals surface area contributed by atoms with E-state index in [0.717, 1.165) is 4.90 Å². The van der Waals surface area contributed by atoms with E-state index in [1.807, 2.05) is 6.92 Å². The van der Waals surface area contributed by atoms with Gasteiger partial charge >= 0.3 is 0 Å². The normalized spacial score (nSPS) is 15.0. The van der Waals surface area contributed by atoms with Gasteiger partial charge < -0.3 is 4.90 Å². The molecule has 0 radical (unpaired) electrons. The molecule has 0 saturated heterocycles. The van der Waals surface area contributed by atoms with E-state index in [9.17, 15) is 36.7 Å². The van der Waals surface area contributed by atoms with Gasteiger partial charge in [-0.05, 0) is 38.0 Å². The van der Waals surface area contributed by atoms with Crippen molar-refractivity contribution in [2.75, 3.05) is 4.90 Å². The first kappa shape index (κ1) is 23.3. The van der Waals surface area contributed by atoms with E-state index in [1.54, 1.807) is 0 Å². The van der Waals surface area contributed by atoms with Crippen LogP contribution in [-0.4, -0.2) is 23.6 Å². The van der Waals surface area contributed by atoms with Gasteiger partial charge in [0.2, 0.25) is 5.78 Å². The number of hydrogen-bond acceptors (Lipinski definition) is 5. The van der Waals surface area contributed by atoms with Gasteiger partial charge in [0, 0.05) is 28.8 Å². The van der Waals surface area contributed by atoms with E-state index in [-0.39, 0.29) is 23.1 Å². The fourth-order valence-electron chi connectivity index (χ4n) is 4.09. The summed E-state index contributed by atoms with van der Waals surface area (Å²) in [6.45, 7) is 3.64. The lowest BCUT2D eigenvalue weighted by Crippen LogP contribution is -2.32. The predicted molar refractivity (Wildman–Crippen MR) is 107 cm³/mol. The third kappa shape index (κ3) is 3.61. The Morgan fingerprint density at radius 2 is 1.50 bits per heavy atom. The van der Waals surface area contributed by atoms with Crippen LogP contribution in [0.25, 0.3) is 0 Å². The van der Waals surface area contributed by atoms with Crippen molar-refractivity contribution in [3.05, 3.63) is 63.2 Å². The Balaban J connectivity index is 2.38. The molecule has 0 spiro atoms. The molecule has 2 aromatic carbocycles. The first-order valence-electron chi connectivity index (χ1n) is 9.84. The average molecular weight is 449 g/mol. The van der Waals surface area contributed by atoms with E-state index in [2.05, 4.69) is 0 Å². The second-order valence-electron chi connectivity index (χ2n) is 7.60. The van der Waals surface area contributed by atoms with Gasteiger partial charge in [0.15, 0.2) is 41.1 Å². The molecule has 0 bridgehead atoms. The smallest absolute Gasteiger partial charge is 0.222 e. The molecule has 1 heterocycles. The van der Waals surface area contributed by atoms with Crippen LogP contribution in [0.15, 0.2) is 12.1 Å². The van der Waals surface area contributed by atoms with Crippen molar-refractivity contribution in [1.82, 2.24) is 0 Å². The summed E-state index contributed by atoms with van der Waals surface area (Å²) < 4.78 is 57.0. The van der Waals surface area contributed by atoms with Gasteiger partial charge in [-0.3, -0.25) is 19.2 Å². The molecule has 0 aromatic heterocycles. The number of carbonyl (C=O) groups excluding carboxylic acids is 4. The third-order valence-electron chi connectivity index (χ3n) is 5.46. The quantitative estimate of drug-likeness (QED) is 0.156. The summed E-state index contributed by atoms with van der Waals surface area (Å²) in [6.07, 6.45) is 1.07. The third-order valence-corrected chi connectivity index (χ3v) is 5.46. The van der Waals surface area contributed by atoms with Crippen molar-refractivity contribution in [2.24, 2.45) is 0 Å². The molecule has 5 nitrogen and oxygen atoms in total. The Hall–Kier alpha value is -3.36. The fraction of sp³-hybridized carbons (Fsp3) is 0.304. The summed E-state index contributed by atoms with van der Waals surface area (Å²) in [4.78, 5) is 49.7. The summed E-state index contributed by atoms with van der Waals surface area (Å²) in [7, 11) is 0. The summed E-state index contributed by atoms with van der Waals surface area (Å²) in [6, 6.07) is 1.11. The van der Waals surface area contributed by atoms with E-state index in [4.69, 9.17) is 0 Å². The number of rotatable bonds is 7. The Kier molecular flexibility index (Phi) is 6.29. The molecule has 9 heteroatoms. The summed E-state index contributed by atoms with van der Waals surface area (Å²) in [5.74, 6) is -9.98. The van der Waals surface area contributed by atoms with E-state index < -0.39 is 64.3 Å². The van der Waals surface area contributed by atoms with Crippen LogP contribution in [0.5, 0.6) is 0 Å². The minimum atomic E-state index is -2.12. The molecule has 3 rings (SSSR count). The zero-order valence-corrected chi connectivity index (χ0v) is 17.5. The molecule has 0 saturated carbocycles. The highest BCUT2D eigenvalue weighted by Gasteiger charge is 2.44. The topological polar surface area (TPSA) is 71.5 Å². The Morgan fingerprint density at radius 1 is 0.969 bits per heavy atom. The van der Waals surface area contributed by atoms with Gasteiger partial charge in [-0.25, -0.2) is 17.6 Å². The molecule has 0 aliphatic carbocycles. The van der Waals surface area contributed by atoms with Crippen LogP contribution >= 0.6 is 0 Å². The predicted octanol–water partition coefficient (Wildman–Crippen LogP) is 4.43. The molecule has 1 aliphatic heterocycles. The number of anilines is 1. The first-order chi connectivity index (χ1) is 15.0. The van der Waals surface area contributed by atoms with E-state index >= 15 is 0 Å². The highest BCUT2D eigenvalue weighted by Crippen LogP contribution is 2.44. The van der Waals surface area contributed by atoms with Crippen molar-refractivity contribution >= 4 is 29.3 Å². The highest BCUT2D eigenvalue weighted by molar-refractivity contribution is 6.29. The van der Waals surface area contributed by atoms with Crippen LogP contribution in [0, 0.1) is 23.3 Å². The minimum absolute atomic E-state index is 0.0144. The van der Waals surface area contributed by atoms with Crippen LogP contribution in [0.3, 0.4) is 0 Å². The van der Waals surface area contributed by atoms with Crippen LogP contribution in [0.2, 0.25) is 0 Å². The van der Waals surface area contributed by atoms with Crippen LogP contribution < -0.4 is 4.90 Å². The number of benzene rings is 2. The SMILES string of the molecule is CCCc1cc(C(C)=O)c(N2Cc3c(F)c(F)c(F)c(F)c3C2C(=O)C=O)c(C(C)=O)c1. The Morgan fingerprint density at radius 3 is 1.97 bits per heavy atom. The fourth-order valence-corrected chi connectivity index (χ4v) is 4.09. The van der Waals surface area contributed by atoms with Crippen LogP contribution in [0.4, 0.5) is 23.2 Å². The molecule has 1 unspecified atom stereocenters. The maximum Gasteiger partial charge on any atom is 0.222 e. The Labute approximate surface area is 181 Å². The van der Waals surface area contributed by atoms with Gasteiger partial charge in [0.25, 0.3) is 0 Å². The van der Waals surface area contributed by atoms with Gasteiger partial charge in [0.05, 0.1) is 5.69 Å². The number of Topliss-reactive ketones (excluding diaryl/α,β-unsaturated/α-hetero) is 3. The van der Waals surface area contributed by atoms with Crippen molar-refractivity contribution in [1.29, 1.82) is 0 Å². The molecule has 1 aliphatic rings. The van der Waals surface area contributed by atoms with Gasteiger partial charge in [-0.2, -0.15) is 0 Å². The molecular formula is C23H19F4NO4. The maximum atomic E-state index is 14.7. The molecule has 32 heavy (non-hydrogen) atoms. The lowest BCUT2D eigenvalue weighted by Gasteiger charge is -2.29. The van der Waals surface area contributed by atoms with E-state index in [0.29, 0.717) is 18.4 Å². The standard InChI is InChI=1S/C23H19F4NO4/c1-4-5-12-6-13(10(2)30)22(14(7-12)11(3)31)28-8-15-17(23(28)16(32)9-29)19(25)21(27)20(26)18(15)24/h6-7,9,23H,4-5,8H2,1-3H3. The molecule has 168 valence electrons. The molecular weight excluding hydrogens is 430 g/mol. The second kappa shape index (κ2) is 8.64. The summed E-state index contributed by atoms with van der Waals surface area (Å²) in [5.41, 5.74) is -1.00. The number of aldehydes is 1. The average Bonchev–Trinajstić information content (AvgIpc) is 3.15. The molecule has 2 aromatic rings.